The molecule has 0 aromatic rings. The average Bonchev–Trinajstić information content (AvgIpc) is 1.99. The molecule has 7 heteroatoms. The summed E-state index contributed by atoms with van der Waals surface area (Å²) < 4.78 is 63.9. The zero-order chi connectivity index (χ0) is 11.6. The van der Waals surface area contributed by atoms with Crippen molar-refractivity contribution in [2.75, 3.05) is 13.2 Å². The number of halogens is 5. The lowest BCUT2D eigenvalue weighted by Crippen LogP contribution is -2.45. The maximum absolute atomic E-state index is 12.3. The summed E-state index contributed by atoms with van der Waals surface area (Å²) in [5.41, 5.74) is 3.91. The van der Waals surface area contributed by atoms with Crippen LogP contribution in [0, 0.1) is 0 Å². The Morgan fingerprint density at radius 2 is 1.50 bits per heavy atom. The van der Waals surface area contributed by atoms with Crippen LogP contribution >= 0.6 is 0 Å². The zero-order valence-electron chi connectivity index (χ0n) is 7.79. The Morgan fingerprint density at radius 1 is 1.07 bits per heavy atom. The van der Waals surface area contributed by atoms with Gasteiger partial charge in [-0.1, -0.05) is 0 Å². The van der Waals surface area contributed by atoms with Crippen LogP contribution in [-0.4, -0.2) is 30.9 Å². The number of rotatable bonds is 4. The van der Waals surface area contributed by atoms with Gasteiger partial charge in [0.1, 0.15) is 6.61 Å². The lowest BCUT2D eigenvalue weighted by atomic mass is 10.1. The van der Waals surface area contributed by atoms with Crippen LogP contribution in [0.25, 0.3) is 0 Å². The van der Waals surface area contributed by atoms with E-state index in [0.29, 0.717) is 0 Å². The highest BCUT2D eigenvalue weighted by Gasteiger charge is 2.58. The second-order valence-corrected chi connectivity index (χ2v) is 3.45. The molecule has 0 aliphatic carbocycles. The molecule has 0 heterocycles. The van der Waals surface area contributed by atoms with Crippen molar-refractivity contribution in [3.05, 3.63) is 0 Å². The van der Waals surface area contributed by atoms with E-state index in [1.54, 1.807) is 0 Å². The minimum atomic E-state index is -5.59. The maximum atomic E-state index is 12.3. The second-order valence-electron chi connectivity index (χ2n) is 3.45. The molecule has 0 bridgehead atoms. The number of hydrogen-bond donors (Lipinski definition) is 1. The van der Waals surface area contributed by atoms with E-state index >= 15 is 0 Å². The van der Waals surface area contributed by atoms with Crippen molar-refractivity contribution in [1.82, 2.24) is 0 Å². The summed E-state index contributed by atoms with van der Waals surface area (Å²) in [6, 6.07) is 0. The Balaban J connectivity index is 4.27. The predicted octanol–water partition coefficient (Wildman–Crippen LogP) is 1.94. The fourth-order valence-electron chi connectivity index (χ4n) is 0.427. The fourth-order valence-corrected chi connectivity index (χ4v) is 0.427. The van der Waals surface area contributed by atoms with Crippen LogP contribution in [0.5, 0.6) is 0 Å². The molecule has 0 aromatic heterocycles. The third-order valence-corrected chi connectivity index (χ3v) is 1.55. The van der Waals surface area contributed by atoms with Gasteiger partial charge in [-0.3, -0.25) is 0 Å². The van der Waals surface area contributed by atoms with Gasteiger partial charge in [0.05, 0.1) is 5.60 Å². The summed E-state index contributed by atoms with van der Waals surface area (Å²) in [5.74, 6) is -4.83. The van der Waals surface area contributed by atoms with E-state index in [-0.39, 0.29) is 6.54 Å². The molecule has 0 spiro atoms. The van der Waals surface area contributed by atoms with Gasteiger partial charge < -0.3 is 10.5 Å². The molecule has 0 saturated carbocycles. The quantitative estimate of drug-likeness (QED) is 0.736. The van der Waals surface area contributed by atoms with Gasteiger partial charge in [-0.15, -0.1) is 0 Å². The number of nitrogens with two attached hydrogens (primary N) is 1. The van der Waals surface area contributed by atoms with Crippen LogP contribution in [0.15, 0.2) is 0 Å². The van der Waals surface area contributed by atoms with Crippen molar-refractivity contribution in [2.45, 2.75) is 31.5 Å². The number of hydrogen-bond acceptors (Lipinski definition) is 2. The topological polar surface area (TPSA) is 35.2 Å². The number of ether oxygens (including phenoxy) is 1. The van der Waals surface area contributed by atoms with Crippen molar-refractivity contribution >= 4 is 0 Å². The first kappa shape index (κ1) is 13.6. The molecular weight excluding hydrogens is 209 g/mol. The molecular formula is C7H12F5NO. The largest absolute Gasteiger partial charge is 0.455 e. The average molecular weight is 221 g/mol. The molecule has 0 aliphatic heterocycles. The van der Waals surface area contributed by atoms with Crippen molar-refractivity contribution in [1.29, 1.82) is 0 Å². The molecule has 0 radical (unpaired) electrons. The molecule has 0 aromatic carbocycles. The van der Waals surface area contributed by atoms with Crippen LogP contribution in [0.2, 0.25) is 0 Å². The molecule has 2 N–H and O–H groups in total. The van der Waals surface area contributed by atoms with E-state index in [1.165, 1.54) is 13.8 Å². The lowest BCUT2D eigenvalue weighted by molar-refractivity contribution is -0.303. The Morgan fingerprint density at radius 3 is 1.79 bits per heavy atom. The Labute approximate surface area is 78.2 Å². The molecule has 86 valence electrons. The van der Waals surface area contributed by atoms with Gasteiger partial charge >= 0.3 is 12.1 Å². The minimum absolute atomic E-state index is 0.138. The molecule has 2 nitrogen and oxygen atoms in total. The zero-order valence-corrected chi connectivity index (χ0v) is 7.79. The molecule has 0 rings (SSSR count). The van der Waals surface area contributed by atoms with E-state index in [1.807, 2.05) is 0 Å². The van der Waals surface area contributed by atoms with Crippen LogP contribution in [0.4, 0.5) is 22.0 Å². The van der Waals surface area contributed by atoms with Gasteiger partial charge in [0, 0.05) is 6.54 Å². The van der Waals surface area contributed by atoms with Gasteiger partial charge in [-0.25, -0.2) is 0 Å². The highest BCUT2D eigenvalue weighted by atomic mass is 19.4. The van der Waals surface area contributed by atoms with Gasteiger partial charge in [0.2, 0.25) is 0 Å². The normalized spacial score (nSPS) is 14.6. The van der Waals surface area contributed by atoms with Crippen LogP contribution < -0.4 is 5.73 Å². The van der Waals surface area contributed by atoms with Crippen molar-refractivity contribution in [3.8, 4) is 0 Å². The summed E-state index contributed by atoms with van der Waals surface area (Å²) in [6.45, 7) is 0.820. The molecule has 0 saturated heterocycles. The third-order valence-electron chi connectivity index (χ3n) is 1.55. The van der Waals surface area contributed by atoms with Gasteiger partial charge in [0.25, 0.3) is 0 Å². The first-order valence-corrected chi connectivity index (χ1v) is 3.80. The molecule has 0 unspecified atom stereocenters. The molecule has 0 fully saturated rings. The van der Waals surface area contributed by atoms with Gasteiger partial charge in [0.15, 0.2) is 0 Å². The van der Waals surface area contributed by atoms with Crippen molar-refractivity contribution in [2.24, 2.45) is 5.73 Å². The lowest BCUT2D eigenvalue weighted by Gasteiger charge is -2.27. The Hall–Kier alpha value is -0.430. The molecule has 14 heavy (non-hydrogen) atoms. The Kier molecular flexibility index (Phi) is 3.85. The second kappa shape index (κ2) is 3.98. The predicted molar refractivity (Wildman–Crippen MR) is 40.1 cm³/mol. The molecule has 0 amide bonds. The highest BCUT2D eigenvalue weighted by Crippen LogP contribution is 2.36. The monoisotopic (exact) mass is 221 g/mol. The summed E-state index contributed by atoms with van der Waals surface area (Å²) in [6.07, 6.45) is -5.59. The summed E-state index contributed by atoms with van der Waals surface area (Å²) in [5, 5.41) is 0. The van der Waals surface area contributed by atoms with E-state index in [2.05, 4.69) is 4.74 Å². The highest BCUT2D eigenvalue weighted by molar-refractivity contribution is 4.78. The van der Waals surface area contributed by atoms with E-state index in [0.717, 1.165) is 0 Å². The fraction of sp³-hybridized carbons (Fsp3) is 1.00. The number of alkyl halides is 5. The molecule has 0 aliphatic rings. The van der Waals surface area contributed by atoms with E-state index in [9.17, 15) is 22.0 Å². The van der Waals surface area contributed by atoms with E-state index in [4.69, 9.17) is 5.73 Å². The smallest absolute Gasteiger partial charge is 0.368 e. The van der Waals surface area contributed by atoms with Crippen molar-refractivity contribution in [3.63, 3.8) is 0 Å². The van der Waals surface area contributed by atoms with Crippen molar-refractivity contribution < 1.29 is 26.7 Å². The maximum Gasteiger partial charge on any atom is 0.455 e. The SMILES string of the molecule is CC(C)(CN)OCC(F)(F)C(F)(F)F. The van der Waals surface area contributed by atoms with Gasteiger partial charge in [-0.05, 0) is 13.8 Å². The molecule has 0 atom stereocenters. The summed E-state index contributed by atoms with van der Waals surface area (Å²) >= 11 is 0. The first-order valence-electron chi connectivity index (χ1n) is 3.80. The van der Waals surface area contributed by atoms with Gasteiger partial charge in [-0.2, -0.15) is 22.0 Å². The van der Waals surface area contributed by atoms with Crippen LogP contribution in [0.3, 0.4) is 0 Å². The first-order chi connectivity index (χ1) is 6.02. The van der Waals surface area contributed by atoms with Crippen LogP contribution in [-0.2, 0) is 4.74 Å². The summed E-state index contributed by atoms with van der Waals surface area (Å²) in [4.78, 5) is 0. The van der Waals surface area contributed by atoms with E-state index < -0.39 is 24.3 Å². The Bertz CT molecular complexity index is 189. The van der Waals surface area contributed by atoms with Crippen LogP contribution in [0.1, 0.15) is 13.8 Å². The summed E-state index contributed by atoms with van der Waals surface area (Å²) in [7, 11) is 0. The third kappa shape index (κ3) is 3.75. The standard InChI is InChI=1S/C7H12F5NO/c1-5(2,3-13)14-4-6(8,9)7(10,11)12/h3-4,13H2,1-2H3. The minimum Gasteiger partial charge on any atom is -0.368 e.